The molecular weight excluding hydrogens is 339 g/mol. The molecule has 0 saturated carbocycles. The van der Waals surface area contributed by atoms with Crippen molar-refractivity contribution in [3.8, 4) is 0 Å². The van der Waals surface area contributed by atoms with Gasteiger partial charge in [-0.1, -0.05) is 13.8 Å². The average molecular weight is 368 g/mol. The van der Waals surface area contributed by atoms with Gasteiger partial charge < -0.3 is 10.6 Å². The smallest absolute Gasteiger partial charge is 0.191 e. The van der Waals surface area contributed by atoms with E-state index in [4.69, 9.17) is 0 Å². The topological polar surface area (TPSA) is 39.7 Å². The van der Waals surface area contributed by atoms with Crippen LogP contribution >= 0.6 is 24.0 Å². The molecule has 0 aromatic carbocycles. The van der Waals surface area contributed by atoms with Crippen LogP contribution in [-0.4, -0.2) is 49.6 Å². The van der Waals surface area contributed by atoms with Crippen molar-refractivity contribution < 1.29 is 0 Å². The monoisotopic (exact) mass is 368 g/mol. The Hall–Kier alpha value is -0.0400. The molecule has 1 rings (SSSR count). The molecule has 0 amide bonds. The predicted octanol–water partition coefficient (Wildman–Crippen LogP) is 2.05. The van der Waals surface area contributed by atoms with Crippen LogP contribution in [0.25, 0.3) is 0 Å². The molecule has 0 bridgehead atoms. The second-order valence-corrected chi connectivity index (χ2v) is 4.57. The van der Waals surface area contributed by atoms with Crippen molar-refractivity contribution >= 4 is 29.9 Å². The van der Waals surface area contributed by atoms with Crippen LogP contribution < -0.4 is 10.6 Å². The normalized spacial score (nSPS) is 20.6. The van der Waals surface area contributed by atoms with Gasteiger partial charge in [0.2, 0.25) is 0 Å². The van der Waals surface area contributed by atoms with Crippen LogP contribution in [0.5, 0.6) is 0 Å². The molecule has 1 aliphatic heterocycles. The van der Waals surface area contributed by atoms with Crippen LogP contribution in [-0.2, 0) is 0 Å². The third kappa shape index (κ3) is 6.22. The lowest BCUT2D eigenvalue weighted by Crippen LogP contribution is -2.39. The van der Waals surface area contributed by atoms with Crippen LogP contribution in [0.2, 0.25) is 0 Å². The maximum atomic E-state index is 4.68. The Kier molecular flexibility index (Phi) is 10.8. The molecule has 1 atom stereocenters. The fourth-order valence-electron chi connectivity index (χ4n) is 2.30. The number of guanidine groups is 1. The molecule has 0 aliphatic carbocycles. The lowest BCUT2D eigenvalue weighted by atomic mass is 10.2. The van der Waals surface area contributed by atoms with E-state index in [1.807, 2.05) is 0 Å². The number of likely N-dealkylation sites (tertiary alicyclic amines) is 1. The number of hydrogen-bond donors (Lipinski definition) is 2. The lowest BCUT2D eigenvalue weighted by Gasteiger charge is -2.21. The Morgan fingerprint density at radius 2 is 2.06 bits per heavy atom. The number of nitrogens with zero attached hydrogens (tertiary/aromatic N) is 2. The summed E-state index contributed by atoms with van der Waals surface area (Å²) in [5.41, 5.74) is 0. The zero-order chi connectivity index (χ0) is 12.5. The van der Waals surface area contributed by atoms with Crippen molar-refractivity contribution in [2.24, 2.45) is 4.99 Å². The molecule has 1 heterocycles. The van der Waals surface area contributed by atoms with E-state index in [0.29, 0.717) is 6.04 Å². The van der Waals surface area contributed by atoms with E-state index >= 15 is 0 Å². The number of halogens is 1. The van der Waals surface area contributed by atoms with Gasteiger partial charge >= 0.3 is 0 Å². The van der Waals surface area contributed by atoms with Gasteiger partial charge in [0.25, 0.3) is 0 Å². The van der Waals surface area contributed by atoms with Gasteiger partial charge in [-0.25, -0.2) is 0 Å². The highest BCUT2D eigenvalue weighted by molar-refractivity contribution is 14.0. The maximum Gasteiger partial charge on any atom is 0.191 e. The van der Waals surface area contributed by atoms with Crippen LogP contribution in [0.3, 0.4) is 0 Å². The minimum absolute atomic E-state index is 0. The van der Waals surface area contributed by atoms with Gasteiger partial charge in [-0.05, 0) is 39.3 Å². The zero-order valence-electron chi connectivity index (χ0n) is 12.0. The molecule has 18 heavy (non-hydrogen) atoms. The molecule has 0 aromatic rings. The fraction of sp³-hybridized carbons (Fsp3) is 0.923. The minimum atomic E-state index is 0. The highest BCUT2D eigenvalue weighted by Gasteiger charge is 2.22. The molecule has 108 valence electrons. The summed E-state index contributed by atoms with van der Waals surface area (Å²) < 4.78 is 0. The summed E-state index contributed by atoms with van der Waals surface area (Å²) in [6, 6.07) is 0.650. The molecule has 1 fully saturated rings. The summed E-state index contributed by atoms with van der Waals surface area (Å²) >= 11 is 0. The summed E-state index contributed by atoms with van der Waals surface area (Å²) in [6.45, 7) is 11.8. The first kappa shape index (κ1) is 18.0. The SMILES string of the molecule is CCCNC(=NCC1CCCN1CC)NCC.I. The van der Waals surface area contributed by atoms with E-state index in [9.17, 15) is 0 Å². The van der Waals surface area contributed by atoms with Crippen LogP contribution in [0.15, 0.2) is 4.99 Å². The van der Waals surface area contributed by atoms with E-state index in [-0.39, 0.29) is 24.0 Å². The molecule has 0 aromatic heterocycles. The van der Waals surface area contributed by atoms with Crippen molar-refractivity contribution in [1.82, 2.24) is 15.5 Å². The van der Waals surface area contributed by atoms with E-state index in [1.165, 1.54) is 19.4 Å². The Morgan fingerprint density at radius 1 is 1.28 bits per heavy atom. The van der Waals surface area contributed by atoms with Gasteiger partial charge in [-0.15, -0.1) is 24.0 Å². The molecule has 5 heteroatoms. The van der Waals surface area contributed by atoms with Crippen molar-refractivity contribution in [3.63, 3.8) is 0 Å². The van der Waals surface area contributed by atoms with E-state index in [0.717, 1.165) is 38.6 Å². The first-order chi connectivity index (χ1) is 8.31. The Morgan fingerprint density at radius 3 is 2.67 bits per heavy atom. The lowest BCUT2D eigenvalue weighted by molar-refractivity contribution is 0.273. The third-order valence-electron chi connectivity index (χ3n) is 3.25. The maximum absolute atomic E-state index is 4.68. The van der Waals surface area contributed by atoms with Crippen molar-refractivity contribution in [2.45, 2.75) is 46.1 Å². The van der Waals surface area contributed by atoms with Crippen LogP contribution in [0.4, 0.5) is 0 Å². The average Bonchev–Trinajstić information content (AvgIpc) is 2.80. The highest BCUT2D eigenvalue weighted by atomic mass is 127. The highest BCUT2D eigenvalue weighted by Crippen LogP contribution is 2.16. The number of rotatable bonds is 6. The van der Waals surface area contributed by atoms with Crippen molar-refractivity contribution in [2.75, 3.05) is 32.7 Å². The van der Waals surface area contributed by atoms with Gasteiger partial charge in [-0.3, -0.25) is 9.89 Å². The molecule has 2 N–H and O–H groups in total. The molecule has 4 nitrogen and oxygen atoms in total. The molecule has 1 aliphatic rings. The van der Waals surface area contributed by atoms with E-state index in [1.54, 1.807) is 0 Å². The Balaban J connectivity index is 0.00000289. The van der Waals surface area contributed by atoms with Gasteiger partial charge in [0, 0.05) is 19.1 Å². The largest absolute Gasteiger partial charge is 0.357 e. The van der Waals surface area contributed by atoms with Gasteiger partial charge in [0.05, 0.1) is 6.54 Å². The molecule has 1 saturated heterocycles. The van der Waals surface area contributed by atoms with Crippen LogP contribution in [0.1, 0.15) is 40.0 Å². The van der Waals surface area contributed by atoms with Crippen molar-refractivity contribution in [3.05, 3.63) is 0 Å². The summed E-state index contributed by atoms with van der Waals surface area (Å²) in [4.78, 5) is 7.22. The van der Waals surface area contributed by atoms with E-state index < -0.39 is 0 Å². The minimum Gasteiger partial charge on any atom is -0.357 e. The standard InChI is InChI=1S/C13H28N4.HI/c1-4-9-15-13(14-5-2)16-11-12-8-7-10-17(12)6-3;/h12H,4-11H2,1-3H3,(H2,14,15,16);1H. The van der Waals surface area contributed by atoms with Gasteiger partial charge in [0.15, 0.2) is 5.96 Å². The summed E-state index contributed by atoms with van der Waals surface area (Å²) in [5, 5.41) is 6.64. The van der Waals surface area contributed by atoms with Gasteiger partial charge in [0.1, 0.15) is 0 Å². The quantitative estimate of drug-likeness (QED) is 0.428. The molecular formula is C13H29IN4. The second-order valence-electron chi connectivity index (χ2n) is 4.57. The number of likely N-dealkylation sites (N-methyl/N-ethyl adjacent to an activating group) is 1. The third-order valence-corrected chi connectivity index (χ3v) is 3.25. The van der Waals surface area contributed by atoms with Gasteiger partial charge in [-0.2, -0.15) is 0 Å². The summed E-state index contributed by atoms with van der Waals surface area (Å²) in [5.74, 6) is 0.970. The van der Waals surface area contributed by atoms with Crippen molar-refractivity contribution in [1.29, 1.82) is 0 Å². The molecule has 0 spiro atoms. The number of nitrogens with one attached hydrogen (secondary N) is 2. The zero-order valence-corrected chi connectivity index (χ0v) is 14.4. The summed E-state index contributed by atoms with van der Waals surface area (Å²) in [7, 11) is 0. The van der Waals surface area contributed by atoms with E-state index in [2.05, 4.69) is 41.3 Å². The Labute approximate surface area is 129 Å². The molecule has 1 unspecified atom stereocenters. The first-order valence-corrected chi connectivity index (χ1v) is 7.08. The summed E-state index contributed by atoms with van der Waals surface area (Å²) in [6.07, 6.45) is 3.76. The van der Waals surface area contributed by atoms with Crippen LogP contribution in [0, 0.1) is 0 Å². The number of aliphatic imine (C=N–C) groups is 1. The second kappa shape index (κ2) is 10.8. The first-order valence-electron chi connectivity index (χ1n) is 7.08. The Bertz CT molecular complexity index is 233. The number of hydrogen-bond acceptors (Lipinski definition) is 2. The molecule has 0 radical (unpaired) electrons. The predicted molar refractivity (Wildman–Crippen MR) is 90.0 cm³/mol. The fourth-order valence-corrected chi connectivity index (χ4v) is 2.30.